The van der Waals surface area contributed by atoms with E-state index in [1.54, 1.807) is 11.8 Å². The summed E-state index contributed by atoms with van der Waals surface area (Å²) in [4.78, 5) is 15.8. The van der Waals surface area contributed by atoms with Crippen LogP contribution < -0.4 is 5.32 Å². The first kappa shape index (κ1) is 12.1. The van der Waals surface area contributed by atoms with Crippen LogP contribution in [-0.2, 0) is 4.79 Å². The van der Waals surface area contributed by atoms with Crippen LogP contribution in [0.1, 0.15) is 17.9 Å². The van der Waals surface area contributed by atoms with Crippen LogP contribution in [0.4, 0.5) is 0 Å². The highest BCUT2D eigenvalue weighted by Gasteiger charge is 2.33. The van der Waals surface area contributed by atoms with Crippen molar-refractivity contribution in [2.24, 2.45) is 0 Å². The van der Waals surface area contributed by atoms with Crippen LogP contribution in [0.25, 0.3) is 0 Å². The van der Waals surface area contributed by atoms with Gasteiger partial charge in [0, 0.05) is 30.3 Å². The molecule has 0 radical (unpaired) electrons. The number of hydrogen-bond acceptors (Lipinski definition) is 3. The monoisotopic (exact) mass is 262 g/mol. The second-order valence-corrected chi connectivity index (χ2v) is 6.06. The van der Waals surface area contributed by atoms with E-state index in [4.69, 9.17) is 0 Å². The number of fused-ring (bicyclic) bond motifs is 1. The van der Waals surface area contributed by atoms with Gasteiger partial charge in [-0.2, -0.15) is 0 Å². The molecule has 96 valence electrons. The predicted molar refractivity (Wildman–Crippen MR) is 74.0 cm³/mol. The number of hydrogen-bond donors (Lipinski definition) is 1. The highest BCUT2D eigenvalue weighted by molar-refractivity contribution is 7.99. The number of rotatable bonds is 2. The summed E-state index contributed by atoms with van der Waals surface area (Å²) in [6, 6.07) is 8.66. The molecule has 0 aliphatic carbocycles. The Balaban J connectivity index is 1.77. The molecule has 4 heteroatoms. The van der Waals surface area contributed by atoms with Crippen LogP contribution in [0.3, 0.4) is 0 Å². The molecule has 3 rings (SSSR count). The summed E-state index contributed by atoms with van der Waals surface area (Å²) in [5.74, 6) is 1.22. The van der Waals surface area contributed by atoms with Crippen molar-refractivity contribution in [2.75, 3.05) is 25.9 Å². The number of carbonyl (C=O) groups is 1. The molecule has 1 aromatic carbocycles. The van der Waals surface area contributed by atoms with E-state index in [9.17, 15) is 4.79 Å². The first-order chi connectivity index (χ1) is 8.77. The molecular weight excluding hydrogens is 244 g/mol. The van der Waals surface area contributed by atoms with E-state index in [1.165, 1.54) is 10.5 Å². The summed E-state index contributed by atoms with van der Waals surface area (Å²) in [5, 5.41) is 3.32. The predicted octanol–water partition coefficient (Wildman–Crippen LogP) is 1.70. The second-order valence-electron chi connectivity index (χ2n) is 5.00. The third-order valence-electron chi connectivity index (χ3n) is 3.93. The first-order valence-electron chi connectivity index (χ1n) is 6.46. The third-order valence-corrected chi connectivity index (χ3v) is 5.11. The van der Waals surface area contributed by atoms with Crippen LogP contribution in [0.5, 0.6) is 0 Å². The average molecular weight is 262 g/mol. The molecule has 18 heavy (non-hydrogen) atoms. The van der Waals surface area contributed by atoms with Gasteiger partial charge in [0.15, 0.2) is 0 Å². The van der Waals surface area contributed by atoms with E-state index in [0.29, 0.717) is 6.04 Å². The molecule has 1 saturated heterocycles. The van der Waals surface area contributed by atoms with Crippen LogP contribution in [-0.4, -0.2) is 42.7 Å². The van der Waals surface area contributed by atoms with Gasteiger partial charge < -0.3 is 10.2 Å². The highest BCUT2D eigenvalue weighted by Crippen LogP contribution is 2.40. The van der Waals surface area contributed by atoms with Crippen molar-refractivity contribution in [2.45, 2.75) is 23.3 Å². The van der Waals surface area contributed by atoms with Gasteiger partial charge in [-0.05, 0) is 24.6 Å². The standard InChI is InChI=1S/C14H18N2OS/c1-16(10-6-7-15-8-10)14(17)12-9-18-13-5-3-2-4-11(12)13/h2-5,10,12,15H,6-9H2,1H3. The van der Waals surface area contributed by atoms with Crippen molar-refractivity contribution >= 4 is 17.7 Å². The lowest BCUT2D eigenvalue weighted by atomic mass is 9.99. The Labute approximate surface area is 112 Å². The Kier molecular flexibility index (Phi) is 3.31. The van der Waals surface area contributed by atoms with Gasteiger partial charge in [0.05, 0.1) is 5.92 Å². The smallest absolute Gasteiger partial charge is 0.231 e. The zero-order chi connectivity index (χ0) is 12.5. The van der Waals surface area contributed by atoms with E-state index in [1.807, 2.05) is 24.1 Å². The molecule has 0 aromatic heterocycles. The SMILES string of the molecule is CN(C(=O)C1CSc2ccccc21)C1CCNC1. The fourth-order valence-electron chi connectivity index (χ4n) is 2.76. The van der Waals surface area contributed by atoms with Gasteiger partial charge in [-0.1, -0.05) is 18.2 Å². The molecular formula is C14H18N2OS. The van der Waals surface area contributed by atoms with Crippen molar-refractivity contribution in [3.8, 4) is 0 Å². The summed E-state index contributed by atoms with van der Waals surface area (Å²) in [6.45, 7) is 1.96. The molecule has 2 heterocycles. The average Bonchev–Trinajstić information content (AvgIpc) is 3.06. The molecule has 2 aliphatic heterocycles. The molecule has 1 amide bonds. The number of carbonyl (C=O) groups excluding carboxylic acids is 1. The summed E-state index contributed by atoms with van der Waals surface area (Å²) in [7, 11) is 1.95. The number of thioether (sulfide) groups is 1. The van der Waals surface area contributed by atoms with Crippen molar-refractivity contribution in [3.05, 3.63) is 29.8 Å². The van der Waals surface area contributed by atoms with E-state index < -0.39 is 0 Å². The first-order valence-corrected chi connectivity index (χ1v) is 7.45. The lowest BCUT2D eigenvalue weighted by molar-refractivity contribution is -0.132. The number of nitrogens with one attached hydrogen (secondary N) is 1. The molecule has 3 nitrogen and oxygen atoms in total. The van der Waals surface area contributed by atoms with Gasteiger partial charge in [0.25, 0.3) is 0 Å². The van der Waals surface area contributed by atoms with Crippen molar-refractivity contribution in [1.82, 2.24) is 10.2 Å². The molecule has 1 N–H and O–H groups in total. The Bertz CT molecular complexity index is 457. The van der Waals surface area contributed by atoms with Crippen LogP contribution in [0.15, 0.2) is 29.2 Å². The van der Waals surface area contributed by atoms with Gasteiger partial charge in [0.2, 0.25) is 5.91 Å². The van der Waals surface area contributed by atoms with Crippen molar-refractivity contribution < 1.29 is 4.79 Å². The van der Waals surface area contributed by atoms with Gasteiger partial charge >= 0.3 is 0 Å². The molecule has 0 spiro atoms. The molecule has 2 aliphatic rings. The summed E-state index contributed by atoms with van der Waals surface area (Å²) in [5.41, 5.74) is 1.21. The summed E-state index contributed by atoms with van der Waals surface area (Å²) >= 11 is 1.80. The lowest BCUT2D eigenvalue weighted by Crippen LogP contribution is -2.41. The Morgan fingerprint density at radius 3 is 3.06 bits per heavy atom. The maximum absolute atomic E-state index is 12.6. The minimum absolute atomic E-state index is 0.0526. The minimum atomic E-state index is 0.0526. The molecule has 1 fully saturated rings. The number of nitrogens with zero attached hydrogens (tertiary/aromatic N) is 1. The number of likely N-dealkylation sites (N-methyl/N-ethyl adjacent to an activating group) is 1. The van der Waals surface area contributed by atoms with E-state index in [0.717, 1.165) is 25.3 Å². The topological polar surface area (TPSA) is 32.3 Å². The van der Waals surface area contributed by atoms with Gasteiger partial charge in [-0.3, -0.25) is 4.79 Å². The lowest BCUT2D eigenvalue weighted by Gasteiger charge is -2.26. The second kappa shape index (κ2) is 4.94. The van der Waals surface area contributed by atoms with E-state index in [2.05, 4.69) is 17.4 Å². The highest BCUT2D eigenvalue weighted by atomic mass is 32.2. The van der Waals surface area contributed by atoms with Crippen molar-refractivity contribution in [1.29, 1.82) is 0 Å². The molecule has 1 aromatic rings. The largest absolute Gasteiger partial charge is 0.341 e. The third kappa shape index (κ3) is 2.04. The van der Waals surface area contributed by atoms with E-state index >= 15 is 0 Å². The van der Waals surface area contributed by atoms with Gasteiger partial charge in [-0.15, -0.1) is 11.8 Å². The zero-order valence-electron chi connectivity index (χ0n) is 10.6. The Morgan fingerprint density at radius 2 is 2.28 bits per heavy atom. The molecule has 0 bridgehead atoms. The molecule has 2 atom stereocenters. The number of benzene rings is 1. The van der Waals surface area contributed by atoms with Crippen molar-refractivity contribution in [3.63, 3.8) is 0 Å². The maximum atomic E-state index is 12.6. The normalized spacial score (nSPS) is 26.1. The quantitative estimate of drug-likeness (QED) is 0.880. The fourth-order valence-corrected chi connectivity index (χ4v) is 3.98. The van der Waals surface area contributed by atoms with Crippen LogP contribution in [0.2, 0.25) is 0 Å². The van der Waals surface area contributed by atoms with Gasteiger partial charge in [-0.25, -0.2) is 0 Å². The zero-order valence-corrected chi connectivity index (χ0v) is 11.4. The Hall–Kier alpha value is -1.00. The summed E-state index contributed by atoms with van der Waals surface area (Å²) < 4.78 is 0. The minimum Gasteiger partial charge on any atom is -0.341 e. The van der Waals surface area contributed by atoms with Crippen LogP contribution >= 0.6 is 11.8 Å². The fraction of sp³-hybridized carbons (Fsp3) is 0.500. The van der Waals surface area contributed by atoms with Crippen LogP contribution in [0, 0.1) is 0 Å². The molecule has 0 saturated carbocycles. The number of amides is 1. The van der Waals surface area contributed by atoms with E-state index in [-0.39, 0.29) is 11.8 Å². The maximum Gasteiger partial charge on any atom is 0.231 e. The Morgan fingerprint density at radius 1 is 1.44 bits per heavy atom. The summed E-state index contributed by atoms with van der Waals surface area (Å²) in [6.07, 6.45) is 1.07. The van der Waals surface area contributed by atoms with Gasteiger partial charge in [0.1, 0.15) is 0 Å². The molecule has 2 unspecified atom stereocenters.